The molecule has 0 rings (SSSR count). The monoisotopic (exact) mass is 170 g/mol. The molecule has 0 atom stereocenters. The van der Waals surface area contributed by atoms with E-state index in [0.29, 0.717) is 0 Å². The van der Waals surface area contributed by atoms with Gasteiger partial charge in [0.15, 0.2) is 0 Å². The van der Waals surface area contributed by atoms with Crippen molar-refractivity contribution in [2.24, 2.45) is 0 Å². The second kappa shape index (κ2) is 72.5. The molecule has 0 spiro atoms. The fourth-order valence-electron chi connectivity index (χ4n) is 0. The van der Waals surface area contributed by atoms with Crippen LogP contribution in [-0.2, 0) is 21.7 Å². The molecule has 0 bridgehead atoms. The molecule has 4 N–H and O–H groups in total. The van der Waals surface area contributed by atoms with Gasteiger partial charge in [-0.25, -0.2) is 0 Å². The first-order valence-corrected chi connectivity index (χ1v) is 2.41. The van der Waals surface area contributed by atoms with Crippen molar-refractivity contribution < 1.29 is 32.7 Å². The average Bonchev–Trinajstić information content (AvgIpc) is 1.39. The van der Waals surface area contributed by atoms with Crippen LogP contribution in [0.5, 0.6) is 0 Å². The van der Waals surface area contributed by atoms with Gasteiger partial charge >= 0.3 is 21.7 Å². The summed E-state index contributed by atoms with van der Waals surface area (Å²) < 4.78 is 0. The smallest absolute Gasteiger partial charge is 0.412 e. The van der Waals surface area contributed by atoms with E-state index in [1.54, 1.807) is 0 Å². The van der Waals surface area contributed by atoms with Crippen LogP contribution < -0.4 is 0 Å². The Morgan fingerprint density at radius 3 is 0.889 bits per heavy atom. The molecule has 2 nitrogen and oxygen atoms in total. The molecule has 0 aromatic rings. The summed E-state index contributed by atoms with van der Waals surface area (Å²) in [7, 11) is 0. The zero-order valence-electron chi connectivity index (χ0n) is 6.33. The van der Waals surface area contributed by atoms with Crippen molar-refractivity contribution >= 4 is 0 Å². The number of hydrogen-bond acceptors (Lipinski definition) is 0. The summed E-state index contributed by atoms with van der Waals surface area (Å²) in [6, 6.07) is 0. The fourth-order valence-corrected chi connectivity index (χ4v) is 0. The summed E-state index contributed by atoms with van der Waals surface area (Å²) in [6.07, 6.45) is 2.00. The van der Waals surface area contributed by atoms with Gasteiger partial charge in [0.25, 0.3) is 0 Å². The first-order chi connectivity index (χ1) is 2.83. The largest absolute Gasteiger partial charge is 2.00 e. The molecule has 0 saturated carbocycles. The van der Waals surface area contributed by atoms with Crippen molar-refractivity contribution in [1.29, 1.82) is 0 Å². The molecular weight excluding hydrogens is 152 g/mol. The van der Waals surface area contributed by atoms with Crippen molar-refractivity contribution in [2.75, 3.05) is 0 Å². The Kier molecular flexibility index (Phi) is 269. The summed E-state index contributed by atoms with van der Waals surface area (Å²) in [5, 5.41) is 0. The average molecular weight is 170 g/mol. The topological polar surface area (TPSA) is 63.0 Å². The molecule has 58 valence electrons. The Morgan fingerprint density at radius 1 is 0.889 bits per heavy atom. The van der Waals surface area contributed by atoms with E-state index in [2.05, 4.69) is 13.8 Å². The Morgan fingerprint density at radius 2 is 0.889 bits per heavy atom. The first-order valence-electron chi connectivity index (χ1n) is 2.41. The molecule has 0 radical (unpaired) electrons. The van der Waals surface area contributed by atoms with E-state index in [1.807, 2.05) is 13.8 Å². The van der Waals surface area contributed by atoms with Gasteiger partial charge in [-0.1, -0.05) is 13.8 Å². The van der Waals surface area contributed by atoms with Gasteiger partial charge in [0.05, 0.1) is 0 Å². The third-order valence-corrected chi connectivity index (χ3v) is 0. The van der Waals surface area contributed by atoms with Gasteiger partial charge in [-0.15, -0.1) is 0 Å². The molecule has 0 unspecified atom stereocenters. The van der Waals surface area contributed by atoms with Gasteiger partial charge in [-0.05, 0) is 0 Å². The minimum atomic E-state index is 0. The van der Waals surface area contributed by atoms with Crippen molar-refractivity contribution in [3.63, 3.8) is 0 Å². The van der Waals surface area contributed by atoms with Crippen LogP contribution in [0.4, 0.5) is 0 Å². The van der Waals surface area contributed by atoms with Crippen LogP contribution in [0.3, 0.4) is 0 Å². The quantitative estimate of drug-likeness (QED) is 0.381. The minimum Gasteiger partial charge on any atom is -0.412 e. The van der Waals surface area contributed by atoms with Crippen molar-refractivity contribution in [3.8, 4) is 0 Å². The molecule has 0 heterocycles. The van der Waals surface area contributed by atoms with E-state index in [9.17, 15) is 0 Å². The Hall–Kier alpha value is 0.634. The Bertz CT molecular complexity index is 13.0. The molecule has 3 heteroatoms. The second-order valence-corrected chi connectivity index (χ2v) is 1.000. The fraction of sp³-hybridized carbons (Fsp3) is 0.667. The molecule has 9 heavy (non-hydrogen) atoms. The van der Waals surface area contributed by atoms with E-state index in [4.69, 9.17) is 0 Å². The van der Waals surface area contributed by atoms with Crippen LogP contribution in [0.15, 0.2) is 0 Å². The van der Waals surface area contributed by atoms with E-state index < -0.39 is 0 Å². The summed E-state index contributed by atoms with van der Waals surface area (Å²) in [6.45, 7) is 11.0. The Labute approximate surface area is 73.5 Å². The Balaban J connectivity index is -0.00000000889. The van der Waals surface area contributed by atoms with Gasteiger partial charge in [0.1, 0.15) is 0 Å². The molecule has 0 amide bonds. The maximum atomic E-state index is 3.49. The SMILES string of the molecule is O.O.[CH2-]CC.[CH2-]CC.[Ti+2]. The van der Waals surface area contributed by atoms with Crippen LogP contribution in [-0.4, -0.2) is 11.0 Å². The van der Waals surface area contributed by atoms with Crippen LogP contribution in [0.2, 0.25) is 0 Å². The molecule has 0 aliphatic heterocycles. The van der Waals surface area contributed by atoms with Crippen LogP contribution in [0.1, 0.15) is 26.7 Å². The van der Waals surface area contributed by atoms with E-state index >= 15 is 0 Å². The minimum absolute atomic E-state index is 0. The third kappa shape index (κ3) is 945. The van der Waals surface area contributed by atoms with Crippen molar-refractivity contribution in [2.45, 2.75) is 26.7 Å². The third-order valence-electron chi connectivity index (χ3n) is 0. The number of hydrogen-bond donors (Lipinski definition) is 0. The summed E-state index contributed by atoms with van der Waals surface area (Å²) in [5.41, 5.74) is 0. The predicted molar refractivity (Wildman–Crippen MR) is 38.5 cm³/mol. The van der Waals surface area contributed by atoms with Gasteiger partial charge in [-0.3, -0.25) is 0 Å². The molecule has 0 aromatic heterocycles. The van der Waals surface area contributed by atoms with Crippen LogP contribution in [0, 0.1) is 13.8 Å². The standard InChI is InChI=1S/2C3H7.2H2O.Ti/c2*1-3-2;;;/h2*1,3H2,2H3;2*1H2;/q2*-1;;;+2. The van der Waals surface area contributed by atoms with E-state index in [1.165, 1.54) is 0 Å². The summed E-state index contributed by atoms with van der Waals surface area (Å²) in [4.78, 5) is 0. The van der Waals surface area contributed by atoms with Gasteiger partial charge in [0.2, 0.25) is 0 Å². The second-order valence-electron chi connectivity index (χ2n) is 1.000. The molecule has 0 saturated heterocycles. The van der Waals surface area contributed by atoms with E-state index in [0.717, 1.165) is 12.8 Å². The van der Waals surface area contributed by atoms with Gasteiger partial charge in [0, 0.05) is 0 Å². The maximum absolute atomic E-state index is 3.49. The molecular formula is C6H18O2Ti. The van der Waals surface area contributed by atoms with E-state index in [-0.39, 0.29) is 32.7 Å². The summed E-state index contributed by atoms with van der Waals surface area (Å²) in [5.74, 6) is 0. The number of rotatable bonds is 0. The molecule has 0 aromatic carbocycles. The molecule has 0 aliphatic rings. The maximum Gasteiger partial charge on any atom is 2.00 e. The van der Waals surface area contributed by atoms with Crippen molar-refractivity contribution in [3.05, 3.63) is 13.8 Å². The first kappa shape index (κ1) is 33.4. The molecule has 0 aliphatic carbocycles. The zero-order valence-corrected chi connectivity index (χ0v) is 7.89. The normalized spacial score (nSPS) is 4.00. The predicted octanol–water partition coefficient (Wildman–Crippen LogP) is 0.809. The van der Waals surface area contributed by atoms with Crippen LogP contribution >= 0.6 is 0 Å². The van der Waals surface area contributed by atoms with Gasteiger partial charge in [-0.2, -0.15) is 12.8 Å². The van der Waals surface area contributed by atoms with Gasteiger partial charge < -0.3 is 24.8 Å². The zero-order chi connectivity index (χ0) is 5.41. The van der Waals surface area contributed by atoms with Crippen molar-refractivity contribution in [1.82, 2.24) is 0 Å². The van der Waals surface area contributed by atoms with Crippen LogP contribution in [0.25, 0.3) is 0 Å². The summed E-state index contributed by atoms with van der Waals surface area (Å²) >= 11 is 0. The molecule has 0 fully saturated rings.